The van der Waals surface area contributed by atoms with Gasteiger partial charge in [-0.2, -0.15) is 0 Å². The van der Waals surface area contributed by atoms with Gasteiger partial charge in [0.1, 0.15) is 12.1 Å². The standard InChI is InChI=1S/C32H29N2.C14H26O2.Ir/c1-31(2,3)18-21-11-8-14-24-22(21)13-9-15-25(24)29-28-30(34-19-33-29)27-23-12-7-6-10-20(23)16-17-26(27)32(28,4)5;1-6-11(7-2)13(15)10(5)14(16)12(8-3)9-4;/h6-14,16-17,19H,18H2,1-5H3;11-12,15H,6-9H2,1-5H3;/q-1;;/b;13-10-;. The molecule has 1 radical (unpaired) electrons. The molecule has 0 fully saturated rings. The number of carbonyl (C=O) groups is 1. The van der Waals surface area contributed by atoms with Gasteiger partial charge >= 0.3 is 0 Å². The van der Waals surface area contributed by atoms with Crippen molar-refractivity contribution in [3.05, 3.63) is 107 Å². The van der Waals surface area contributed by atoms with Crippen molar-refractivity contribution in [1.82, 2.24) is 9.97 Å². The summed E-state index contributed by atoms with van der Waals surface area (Å²) in [5.41, 5.74) is 8.84. The molecule has 5 aromatic rings. The predicted molar refractivity (Wildman–Crippen MR) is 211 cm³/mol. The van der Waals surface area contributed by atoms with Crippen molar-refractivity contribution >= 4 is 27.3 Å². The van der Waals surface area contributed by atoms with E-state index >= 15 is 0 Å². The molecule has 5 heteroatoms. The molecule has 0 saturated carbocycles. The average Bonchev–Trinajstić information content (AvgIpc) is 3.35. The summed E-state index contributed by atoms with van der Waals surface area (Å²) in [7, 11) is 0. The van der Waals surface area contributed by atoms with Gasteiger partial charge in [-0.25, -0.2) is 4.98 Å². The van der Waals surface area contributed by atoms with E-state index in [1.54, 1.807) is 13.3 Å². The average molecular weight is 860 g/mol. The van der Waals surface area contributed by atoms with Gasteiger partial charge < -0.3 is 5.11 Å². The number of nitrogens with zero attached hydrogens (tertiary/aromatic N) is 2. The number of aliphatic hydroxyl groups excluding tert-OH is 1. The minimum atomic E-state index is -0.204. The van der Waals surface area contributed by atoms with E-state index in [9.17, 15) is 9.90 Å². The third-order valence-corrected chi connectivity index (χ3v) is 10.7. The molecule has 1 heterocycles. The molecular weight excluding hydrogens is 805 g/mol. The van der Waals surface area contributed by atoms with Gasteiger partial charge in [0.25, 0.3) is 0 Å². The number of aliphatic hydroxyl groups is 1. The number of Topliss-reactive ketones (excluding diaryl/α,β-unsaturated/α-hetero) is 1. The molecule has 0 amide bonds. The van der Waals surface area contributed by atoms with Crippen molar-refractivity contribution in [2.75, 3.05) is 0 Å². The minimum absolute atomic E-state index is 0. The Hall–Kier alpha value is -3.66. The van der Waals surface area contributed by atoms with Crippen LogP contribution >= 0.6 is 0 Å². The zero-order valence-electron chi connectivity index (χ0n) is 32.2. The summed E-state index contributed by atoms with van der Waals surface area (Å²) in [6, 6.07) is 27.6. The summed E-state index contributed by atoms with van der Waals surface area (Å²) in [5, 5.41) is 15.0. The Balaban J connectivity index is 0.000000294. The largest absolute Gasteiger partial charge is 0.512 e. The first kappa shape index (κ1) is 40.1. The zero-order chi connectivity index (χ0) is 36.4. The second kappa shape index (κ2) is 16.3. The van der Waals surface area contributed by atoms with Crippen LogP contribution in [0.4, 0.5) is 0 Å². The molecule has 0 saturated heterocycles. The molecule has 1 aliphatic rings. The number of fused-ring (bicyclic) bond motifs is 6. The van der Waals surface area contributed by atoms with E-state index < -0.39 is 0 Å². The van der Waals surface area contributed by atoms with Crippen LogP contribution in [0, 0.1) is 23.3 Å². The molecule has 0 atom stereocenters. The van der Waals surface area contributed by atoms with E-state index in [-0.39, 0.29) is 48.6 Å². The number of benzene rings is 4. The minimum Gasteiger partial charge on any atom is -0.512 e. The van der Waals surface area contributed by atoms with E-state index in [1.165, 1.54) is 43.8 Å². The summed E-state index contributed by atoms with van der Waals surface area (Å²) in [4.78, 5) is 21.8. The van der Waals surface area contributed by atoms with Gasteiger partial charge in [-0.15, -0.1) is 23.8 Å². The summed E-state index contributed by atoms with van der Waals surface area (Å²) >= 11 is 0. The fourth-order valence-electron chi connectivity index (χ4n) is 7.85. The van der Waals surface area contributed by atoms with Crippen LogP contribution in [0.1, 0.15) is 112 Å². The summed E-state index contributed by atoms with van der Waals surface area (Å²) in [5.74, 6) is 0.631. The second-order valence-electron chi connectivity index (χ2n) is 15.6. The SMILES string of the molecule is CC(C)(C)Cc1cccc2c(-c3ncnc4c3C(C)(C)c3ccc5ccccc5c3-4)[c-]ccc12.CCC(CC)C(=O)/C(C)=C(\O)C(CC)CC.[Ir]. The molecule has 271 valence electrons. The molecule has 1 aliphatic carbocycles. The first-order valence-electron chi connectivity index (χ1n) is 18.5. The number of rotatable bonds is 9. The maximum atomic E-state index is 12.1. The van der Waals surface area contributed by atoms with Crippen LogP contribution in [-0.4, -0.2) is 20.9 Å². The van der Waals surface area contributed by atoms with Crippen molar-refractivity contribution in [1.29, 1.82) is 0 Å². The number of aromatic nitrogens is 2. The fraction of sp³-hybridized carbons (Fsp3) is 0.413. The summed E-state index contributed by atoms with van der Waals surface area (Å²) < 4.78 is 0. The van der Waals surface area contributed by atoms with Crippen molar-refractivity contribution < 1.29 is 30.0 Å². The molecule has 0 spiro atoms. The van der Waals surface area contributed by atoms with Crippen LogP contribution in [0.15, 0.2) is 84.4 Å². The van der Waals surface area contributed by atoms with Crippen LogP contribution in [0.25, 0.3) is 44.1 Å². The normalized spacial score (nSPS) is 13.7. The van der Waals surface area contributed by atoms with E-state index in [0.29, 0.717) is 11.3 Å². The Bertz CT molecular complexity index is 2040. The van der Waals surface area contributed by atoms with E-state index in [1.807, 2.05) is 27.7 Å². The second-order valence-corrected chi connectivity index (χ2v) is 15.6. The van der Waals surface area contributed by atoms with Crippen LogP contribution < -0.4 is 0 Å². The number of allylic oxidation sites excluding steroid dienone is 2. The number of hydrogen-bond acceptors (Lipinski definition) is 4. The molecule has 0 bridgehead atoms. The summed E-state index contributed by atoms with van der Waals surface area (Å²) in [6.07, 6.45) is 6.23. The first-order valence-corrected chi connectivity index (χ1v) is 18.5. The molecule has 4 aromatic carbocycles. The molecule has 0 aliphatic heterocycles. The van der Waals surface area contributed by atoms with Crippen molar-refractivity contribution in [3.8, 4) is 22.5 Å². The molecule has 1 aromatic heterocycles. The number of ketones is 1. The topological polar surface area (TPSA) is 63.1 Å². The monoisotopic (exact) mass is 860 g/mol. The Kier molecular flexibility index (Phi) is 12.9. The van der Waals surface area contributed by atoms with Crippen LogP contribution in [0.3, 0.4) is 0 Å². The van der Waals surface area contributed by atoms with Crippen LogP contribution in [0.5, 0.6) is 0 Å². The van der Waals surface area contributed by atoms with E-state index in [4.69, 9.17) is 9.97 Å². The Morgan fingerprint density at radius 3 is 2.08 bits per heavy atom. The van der Waals surface area contributed by atoms with E-state index in [2.05, 4.69) is 107 Å². The van der Waals surface area contributed by atoms with Gasteiger partial charge in [0.15, 0.2) is 5.78 Å². The Morgan fingerprint density at radius 2 is 1.43 bits per heavy atom. The summed E-state index contributed by atoms with van der Waals surface area (Å²) in [6.45, 7) is 21.4. The van der Waals surface area contributed by atoms with Crippen LogP contribution in [0.2, 0.25) is 0 Å². The van der Waals surface area contributed by atoms with Gasteiger partial charge in [-0.1, -0.05) is 133 Å². The van der Waals surface area contributed by atoms with Gasteiger partial charge in [0, 0.05) is 48.5 Å². The molecule has 51 heavy (non-hydrogen) atoms. The number of carbonyl (C=O) groups excluding carboxylic acids is 1. The zero-order valence-corrected chi connectivity index (χ0v) is 34.6. The van der Waals surface area contributed by atoms with Crippen LogP contribution in [-0.2, 0) is 36.7 Å². The van der Waals surface area contributed by atoms with Gasteiger partial charge in [-0.3, -0.25) is 9.78 Å². The van der Waals surface area contributed by atoms with E-state index in [0.717, 1.165) is 49.1 Å². The molecule has 6 rings (SSSR count). The van der Waals surface area contributed by atoms with Crippen molar-refractivity contribution in [2.45, 2.75) is 107 Å². The maximum Gasteiger partial charge on any atom is 0.164 e. The van der Waals surface area contributed by atoms with Crippen molar-refractivity contribution in [3.63, 3.8) is 0 Å². The quantitative estimate of drug-likeness (QED) is 0.0911. The first-order chi connectivity index (χ1) is 23.8. The third kappa shape index (κ3) is 7.91. The molecule has 0 unspecified atom stereocenters. The van der Waals surface area contributed by atoms with Gasteiger partial charge in [0.05, 0.1) is 5.69 Å². The van der Waals surface area contributed by atoms with Crippen molar-refractivity contribution in [2.24, 2.45) is 17.3 Å². The number of hydrogen-bond donors (Lipinski definition) is 1. The Labute approximate surface area is 319 Å². The smallest absolute Gasteiger partial charge is 0.164 e. The fourth-order valence-corrected chi connectivity index (χ4v) is 7.85. The third-order valence-electron chi connectivity index (χ3n) is 10.7. The Morgan fingerprint density at radius 1 is 0.804 bits per heavy atom. The maximum absolute atomic E-state index is 12.1. The van der Waals surface area contributed by atoms with Gasteiger partial charge in [0.2, 0.25) is 0 Å². The molecular formula is C46H55IrN2O2-. The molecule has 1 N–H and O–H groups in total. The predicted octanol–water partition coefficient (Wildman–Crippen LogP) is 12.4. The van der Waals surface area contributed by atoms with Gasteiger partial charge in [-0.05, 0) is 72.0 Å². The molecule has 4 nitrogen and oxygen atoms in total.